The highest BCUT2D eigenvalue weighted by atomic mass is 35.5. The molecule has 2 aromatic carbocycles. The lowest BCUT2D eigenvalue weighted by Gasteiger charge is -2.15. The number of aliphatic hydroxyl groups excluding tert-OH is 1. The Labute approximate surface area is 162 Å². The number of aliphatic hydroxyl groups is 1. The van der Waals surface area contributed by atoms with Crippen molar-refractivity contribution in [2.45, 2.75) is 26.2 Å². The van der Waals surface area contributed by atoms with E-state index in [1.807, 2.05) is 18.2 Å². The van der Waals surface area contributed by atoms with Crippen molar-refractivity contribution < 1.29 is 14.6 Å². The second kappa shape index (κ2) is 9.51. The SMILES string of the molecule is COc1cc(CNC[C@@H](C)O)cc(Cl)c1OCc1ccc(Cl)c(Cl)c1. The summed E-state index contributed by atoms with van der Waals surface area (Å²) in [6, 6.07) is 8.97. The molecule has 1 atom stereocenters. The minimum absolute atomic E-state index is 0.284. The van der Waals surface area contributed by atoms with E-state index in [9.17, 15) is 5.11 Å². The molecule has 0 unspecified atom stereocenters. The average molecular weight is 405 g/mol. The van der Waals surface area contributed by atoms with Gasteiger partial charge in [-0.2, -0.15) is 0 Å². The third-order valence-electron chi connectivity index (χ3n) is 3.43. The number of hydrogen-bond acceptors (Lipinski definition) is 4. The van der Waals surface area contributed by atoms with E-state index in [0.717, 1.165) is 11.1 Å². The molecule has 2 rings (SSSR count). The number of halogens is 3. The molecule has 0 saturated carbocycles. The summed E-state index contributed by atoms with van der Waals surface area (Å²) >= 11 is 18.3. The summed E-state index contributed by atoms with van der Waals surface area (Å²) in [7, 11) is 1.56. The molecule has 25 heavy (non-hydrogen) atoms. The van der Waals surface area contributed by atoms with E-state index >= 15 is 0 Å². The molecule has 0 aliphatic carbocycles. The van der Waals surface area contributed by atoms with Crippen molar-refractivity contribution in [1.82, 2.24) is 5.32 Å². The third-order valence-corrected chi connectivity index (χ3v) is 4.45. The maximum absolute atomic E-state index is 9.29. The minimum Gasteiger partial charge on any atom is -0.493 e. The zero-order valence-corrected chi connectivity index (χ0v) is 16.3. The number of nitrogens with one attached hydrogen (secondary N) is 1. The summed E-state index contributed by atoms with van der Waals surface area (Å²) in [5.41, 5.74) is 1.81. The molecule has 0 bridgehead atoms. The van der Waals surface area contributed by atoms with Crippen LogP contribution in [0.3, 0.4) is 0 Å². The fourth-order valence-electron chi connectivity index (χ4n) is 2.23. The molecule has 2 aromatic rings. The first-order valence-corrected chi connectivity index (χ1v) is 8.86. The molecule has 0 amide bonds. The first kappa shape index (κ1) is 20.1. The molecule has 0 heterocycles. The highest BCUT2D eigenvalue weighted by molar-refractivity contribution is 6.42. The third kappa shape index (κ3) is 5.94. The standard InChI is InChI=1S/C18H20Cl3NO3/c1-11(23)8-22-9-13-6-16(21)18(17(7-13)24-2)25-10-12-3-4-14(19)15(20)5-12/h3-7,11,22-23H,8-10H2,1-2H3/t11-/m1/s1. The molecule has 0 aliphatic rings. The van der Waals surface area contributed by atoms with Crippen molar-refractivity contribution in [2.75, 3.05) is 13.7 Å². The van der Waals surface area contributed by atoms with Gasteiger partial charge in [0.1, 0.15) is 6.61 Å². The Morgan fingerprint density at radius 2 is 1.76 bits per heavy atom. The van der Waals surface area contributed by atoms with Gasteiger partial charge in [-0.25, -0.2) is 0 Å². The smallest absolute Gasteiger partial charge is 0.180 e. The van der Waals surface area contributed by atoms with Gasteiger partial charge in [0.15, 0.2) is 11.5 Å². The zero-order valence-electron chi connectivity index (χ0n) is 14.0. The van der Waals surface area contributed by atoms with E-state index < -0.39 is 6.10 Å². The summed E-state index contributed by atoms with van der Waals surface area (Å²) in [6.45, 7) is 3.07. The predicted molar refractivity (Wildman–Crippen MR) is 102 cm³/mol. The Morgan fingerprint density at radius 3 is 2.40 bits per heavy atom. The van der Waals surface area contributed by atoms with Crippen LogP contribution in [0.4, 0.5) is 0 Å². The lowest BCUT2D eigenvalue weighted by Crippen LogP contribution is -2.23. The van der Waals surface area contributed by atoms with E-state index in [2.05, 4.69) is 5.32 Å². The monoisotopic (exact) mass is 403 g/mol. The maximum Gasteiger partial charge on any atom is 0.180 e. The summed E-state index contributed by atoms with van der Waals surface area (Å²) in [5, 5.41) is 13.9. The van der Waals surface area contributed by atoms with E-state index in [0.29, 0.717) is 39.7 Å². The summed E-state index contributed by atoms with van der Waals surface area (Å²) in [4.78, 5) is 0. The molecule has 0 aliphatic heterocycles. The van der Waals surface area contributed by atoms with Crippen molar-refractivity contribution in [2.24, 2.45) is 0 Å². The number of ether oxygens (including phenoxy) is 2. The summed E-state index contributed by atoms with van der Waals surface area (Å²) in [5.74, 6) is 1.01. The molecule has 7 heteroatoms. The van der Waals surface area contributed by atoms with Gasteiger partial charge < -0.3 is 19.9 Å². The molecule has 4 nitrogen and oxygen atoms in total. The van der Waals surface area contributed by atoms with E-state index in [1.165, 1.54) is 0 Å². The van der Waals surface area contributed by atoms with Gasteiger partial charge in [0.25, 0.3) is 0 Å². The molecular weight excluding hydrogens is 385 g/mol. The fraction of sp³-hybridized carbons (Fsp3) is 0.333. The predicted octanol–water partition coefficient (Wildman–Crippen LogP) is 4.70. The second-order valence-corrected chi connectivity index (χ2v) is 6.85. The van der Waals surface area contributed by atoms with Crippen molar-refractivity contribution >= 4 is 34.8 Å². The Balaban J connectivity index is 2.10. The Hall–Kier alpha value is -1.17. The summed E-state index contributed by atoms with van der Waals surface area (Å²) in [6.07, 6.45) is -0.411. The Morgan fingerprint density at radius 1 is 1.04 bits per heavy atom. The summed E-state index contributed by atoms with van der Waals surface area (Å²) < 4.78 is 11.2. The molecular formula is C18H20Cl3NO3. The number of hydrogen-bond donors (Lipinski definition) is 2. The van der Waals surface area contributed by atoms with Gasteiger partial charge in [-0.1, -0.05) is 40.9 Å². The molecule has 0 radical (unpaired) electrons. The van der Waals surface area contributed by atoms with Crippen molar-refractivity contribution in [3.63, 3.8) is 0 Å². The van der Waals surface area contributed by atoms with Gasteiger partial charge in [0, 0.05) is 13.1 Å². The van der Waals surface area contributed by atoms with E-state index in [4.69, 9.17) is 44.3 Å². The number of methoxy groups -OCH3 is 1. The molecule has 0 fully saturated rings. The van der Waals surface area contributed by atoms with Gasteiger partial charge in [0.05, 0.1) is 28.3 Å². The normalized spacial score (nSPS) is 12.1. The van der Waals surface area contributed by atoms with Crippen LogP contribution in [0.25, 0.3) is 0 Å². The van der Waals surface area contributed by atoms with Gasteiger partial charge in [-0.15, -0.1) is 0 Å². The Kier molecular flexibility index (Phi) is 7.66. The van der Waals surface area contributed by atoms with E-state index in [1.54, 1.807) is 26.2 Å². The van der Waals surface area contributed by atoms with Crippen molar-refractivity contribution in [1.29, 1.82) is 0 Å². The first-order valence-electron chi connectivity index (χ1n) is 7.72. The van der Waals surface area contributed by atoms with Crippen LogP contribution < -0.4 is 14.8 Å². The van der Waals surface area contributed by atoms with Crippen LogP contribution >= 0.6 is 34.8 Å². The number of rotatable bonds is 8. The molecule has 0 aromatic heterocycles. The fourth-order valence-corrected chi connectivity index (χ4v) is 2.83. The van der Waals surface area contributed by atoms with Crippen LogP contribution in [0, 0.1) is 0 Å². The van der Waals surface area contributed by atoms with Crippen LogP contribution in [-0.2, 0) is 13.2 Å². The molecule has 0 saturated heterocycles. The van der Waals surface area contributed by atoms with Crippen LogP contribution in [0.5, 0.6) is 11.5 Å². The van der Waals surface area contributed by atoms with Crippen LogP contribution in [0.1, 0.15) is 18.1 Å². The highest BCUT2D eigenvalue weighted by Crippen LogP contribution is 2.37. The van der Waals surface area contributed by atoms with Crippen LogP contribution in [0.2, 0.25) is 15.1 Å². The molecule has 0 spiro atoms. The topological polar surface area (TPSA) is 50.7 Å². The molecule has 136 valence electrons. The number of benzene rings is 2. The second-order valence-electron chi connectivity index (χ2n) is 5.63. The Bertz CT molecular complexity index is 723. The minimum atomic E-state index is -0.411. The lowest BCUT2D eigenvalue weighted by atomic mass is 10.2. The largest absolute Gasteiger partial charge is 0.493 e. The quantitative estimate of drug-likeness (QED) is 0.669. The van der Waals surface area contributed by atoms with Gasteiger partial charge in [-0.3, -0.25) is 0 Å². The van der Waals surface area contributed by atoms with Gasteiger partial charge in [0.2, 0.25) is 0 Å². The van der Waals surface area contributed by atoms with Gasteiger partial charge in [-0.05, 0) is 42.3 Å². The van der Waals surface area contributed by atoms with Crippen molar-refractivity contribution in [3.05, 3.63) is 56.5 Å². The first-order chi connectivity index (χ1) is 11.9. The van der Waals surface area contributed by atoms with Crippen LogP contribution in [0.15, 0.2) is 30.3 Å². The molecule has 2 N–H and O–H groups in total. The average Bonchev–Trinajstić information content (AvgIpc) is 2.56. The zero-order chi connectivity index (χ0) is 18.4. The van der Waals surface area contributed by atoms with Crippen molar-refractivity contribution in [3.8, 4) is 11.5 Å². The van der Waals surface area contributed by atoms with Gasteiger partial charge >= 0.3 is 0 Å². The highest BCUT2D eigenvalue weighted by Gasteiger charge is 2.13. The van der Waals surface area contributed by atoms with E-state index in [-0.39, 0.29) is 6.61 Å². The lowest BCUT2D eigenvalue weighted by molar-refractivity contribution is 0.191. The van der Waals surface area contributed by atoms with Crippen LogP contribution in [-0.4, -0.2) is 24.9 Å². The maximum atomic E-state index is 9.29.